The zero-order chi connectivity index (χ0) is 15.3. The second-order valence-electron chi connectivity index (χ2n) is 4.30. The average Bonchev–Trinajstić information content (AvgIpc) is 2.47. The van der Waals surface area contributed by atoms with Gasteiger partial charge < -0.3 is 5.11 Å². The summed E-state index contributed by atoms with van der Waals surface area (Å²) in [6, 6.07) is 14.6. The van der Waals surface area contributed by atoms with Crippen molar-refractivity contribution >= 4 is 21.6 Å². The van der Waals surface area contributed by atoms with Crippen molar-refractivity contribution in [2.75, 3.05) is 11.5 Å². The molecule has 2 aromatic carbocycles. The predicted molar refractivity (Wildman–Crippen MR) is 82.0 cm³/mol. The summed E-state index contributed by atoms with van der Waals surface area (Å²) in [5.41, 5.74) is 0.330. The molecular formula is C15H13NO3S2. The van der Waals surface area contributed by atoms with Crippen molar-refractivity contribution in [2.24, 2.45) is 0 Å². The molecular weight excluding hydrogens is 306 g/mol. The lowest BCUT2D eigenvalue weighted by molar-refractivity contribution is 0.474. The van der Waals surface area contributed by atoms with Crippen LogP contribution in [0.3, 0.4) is 0 Å². The molecule has 0 aromatic heterocycles. The van der Waals surface area contributed by atoms with Gasteiger partial charge in [0.05, 0.1) is 22.3 Å². The highest BCUT2D eigenvalue weighted by atomic mass is 32.2. The standard InChI is InChI=1S/C15H13NO3S2/c16-11-12-3-1-6-15(9-12)21(18,19)8-7-20-14-5-2-4-13(17)10-14/h1-6,9-10,17H,7-8H2. The Morgan fingerprint density at radius 1 is 1.14 bits per heavy atom. The van der Waals surface area contributed by atoms with Crippen LogP contribution in [-0.4, -0.2) is 25.0 Å². The summed E-state index contributed by atoms with van der Waals surface area (Å²) in [6.45, 7) is 0. The number of nitrogens with zero attached hydrogens (tertiary/aromatic N) is 1. The number of aromatic hydroxyl groups is 1. The van der Waals surface area contributed by atoms with E-state index in [9.17, 15) is 13.5 Å². The van der Waals surface area contributed by atoms with Crippen LogP contribution in [0.2, 0.25) is 0 Å². The summed E-state index contributed by atoms with van der Waals surface area (Å²) in [7, 11) is -3.41. The number of hydrogen-bond acceptors (Lipinski definition) is 5. The normalized spacial score (nSPS) is 11.0. The van der Waals surface area contributed by atoms with Gasteiger partial charge in [0.1, 0.15) is 5.75 Å². The highest BCUT2D eigenvalue weighted by molar-refractivity contribution is 8.00. The molecule has 0 unspecified atom stereocenters. The molecule has 0 atom stereocenters. The Kier molecular flexibility index (Phi) is 4.89. The van der Waals surface area contributed by atoms with Crippen molar-refractivity contribution in [1.82, 2.24) is 0 Å². The minimum atomic E-state index is -3.41. The molecule has 0 fully saturated rings. The first-order chi connectivity index (χ1) is 10.0. The number of hydrogen-bond donors (Lipinski definition) is 1. The summed E-state index contributed by atoms with van der Waals surface area (Å²) in [5.74, 6) is 0.509. The Hall–Kier alpha value is -1.97. The van der Waals surface area contributed by atoms with Crippen LogP contribution >= 0.6 is 11.8 Å². The fourth-order valence-corrected chi connectivity index (χ4v) is 4.37. The number of sulfone groups is 1. The molecule has 6 heteroatoms. The quantitative estimate of drug-likeness (QED) is 0.857. The number of thioether (sulfide) groups is 1. The van der Waals surface area contributed by atoms with Gasteiger partial charge in [0, 0.05) is 10.6 Å². The molecule has 1 N–H and O–H groups in total. The zero-order valence-corrected chi connectivity index (χ0v) is 12.7. The lowest BCUT2D eigenvalue weighted by Crippen LogP contribution is -2.09. The molecule has 0 heterocycles. The van der Waals surface area contributed by atoms with Crippen molar-refractivity contribution in [3.8, 4) is 11.8 Å². The number of phenolic OH excluding ortho intramolecular Hbond substituents is 1. The highest BCUT2D eigenvalue weighted by Crippen LogP contribution is 2.23. The maximum Gasteiger partial charge on any atom is 0.179 e. The molecule has 0 radical (unpaired) electrons. The Balaban J connectivity index is 2.03. The molecule has 0 amide bonds. The third-order valence-electron chi connectivity index (χ3n) is 2.76. The minimum absolute atomic E-state index is 0.0256. The van der Waals surface area contributed by atoms with E-state index < -0.39 is 9.84 Å². The second-order valence-corrected chi connectivity index (χ2v) is 7.58. The van der Waals surface area contributed by atoms with E-state index in [0.717, 1.165) is 4.90 Å². The molecule has 0 bridgehead atoms. The van der Waals surface area contributed by atoms with Crippen LogP contribution < -0.4 is 0 Å². The van der Waals surface area contributed by atoms with E-state index >= 15 is 0 Å². The van der Waals surface area contributed by atoms with Gasteiger partial charge in [-0.15, -0.1) is 11.8 Å². The average molecular weight is 319 g/mol. The SMILES string of the molecule is N#Cc1cccc(S(=O)(=O)CCSc2cccc(O)c2)c1. The first-order valence-electron chi connectivity index (χ1n) is 6.16. The molecule has 4 nitrogen and oxygen atoms in total. The maximum absolute atomic E-state index is 12.2. The summed E-state index contributed by atoms with van der Waals surface area (Å²) >= 11 is 1.36. The van der Waals surface area contributed by atoms with E-state index in [-0.39, 0.29) is 16.4 Å². The molecule has 0 aliphatic rings. The van der Waals surface area contributed by atoms with Crippen LogP contribution in [0.4, 0.5) is 0 Å². The lowest BCUT2D eigenvalue weighted by atomic mass is 10.2. The van der Waals surface area contributed by atoms with E-state index in [1.54, 1.807) is 30.3 Å². The van der Waals surface area contributed by atoms with Crippen molar-refractivity contribution in [3.63, 3.8) is 0 Å². The molecule has 0 saturated carbocycles. The van der Waals surface area contributed by atoms with Gasteiger partial charge in [-0.25, -0.2) is 8.42 Å². The largest absolute Gasteiger partial charge is 0.508 e. The Labute approximate surface area is 128 Å². The van der Waals surface area contributed by atoms with Gasteiger partial charge in [0.15, 0.2) is 9.84 Å². The maximum atomic E-state index is 12.2. The van der Waals surface area contributed by atoms with Gasteiger partial charge >= 0.3 is 0 Å². The van der Waals surface area contributed by atoms with Gasteiger partial charge in [-0.1, -0.05) is 12.1 Å². The van der Waals surface area contributed by atoms with Crippen molar-refractivity contribution < 1.29 is 13.5 Å². The Morgan fingerprint density at radius 2 is 1.90 bits per heavy atom. The predicted octanol–water partition coefficient (Wildman–Crippen LogP) is 2.83. The van der Waals surface area contributed by atoms with Crippen LogP contribution in [-0.2, 0) is 9.84 Å². The van der Waals surface area contributed by atoms with Gasteiger partial charge in [-0.2, -0.15) is 5.26 Å². The second kappa shape index (κ2) is 6.66. The van der Waals surface area contributed by atoms with Gasteiger partial charge in [0.2, 0.25) is 0 Å². The third-order valence-corrected chi connectivity index (χ3v) is 5.73. The first kappa shape index (κ1) is 15.4. The molecule has 2 aromatic rings. The first-order valence-corrected chi connectivity index (χ1v) is 8.80. The highest BCUT2D eigenvalue weighted by Gasteiger charge is 2.14. The van der Waals surface area contributed by atoms with E-state index in [0.29, 0.717) is 11.3 Å². The lowest BCUT2D eigenvalue weighted by Gasteiger charge is -2.05. The van der Waals surface area contributed by atoms with E-state index in [1.165, 1.54) is 23.9 Å². The van der Waals surface area contributed by atoms with Gasteiger partial charge in [0.25, 0.3) is 0 Å². The molecule has 0 aliphatic carbocycles. The molecule has 2 rings (SSSR count). The molecule has 0 spiro atoms. The number of nitriles is 1. The fourth-order valence-electron chi connectivity index (χ4n) is 1.72. The van der Waals surface area contributed by atoms with E-state index in [1.807, 2.05) is 12.1 Å². The van der Waals surface area contributed by atoms with E-state index in [2.05, 4.69) is 0 Å². The van der Waals surface area contributed by atoms with Crippen LogP contribution in [0.5, 0.6) is 5.75 Å². The topological polar surface area (TPSA) is 78.2 Å². The minimum Gasteiger partial charge on any atom is -0.508 e. The summed E-state index contributed by atoms with van der Waals surface area (Å²) in [5, 5.41) is 18.2. The van der Waals surface area contributed by atoms with Crippen LogP contribution in [0, 0.1) is 11.3 Å². The molecule has 108 valence electrons. The van der Waals surface area contributed by atoms with Gasteiger partial charge in [-0.3, -0.25) is 0 Å². The number of rotatable bonds is 5. The summed E-state index contributed by atoms with van der Waals surface area (Å²) in [4.78, 5) is 0.981. The third kappa shape index (κ3) is 4.25. The van der Waals surface area contributed by atoms with Crippen LogP contribution in [0.1, 0.15) is 5.56 Å². The monoisotopic (exact) mass is 319 g/mol. The fraction of sp³-hybridized carbons (Fsp3) is 0.133. The zero-order valence-electron chi connectivity index (χ0n) is 11.1. The number of phenols is 1. The Bertz CT molecular complexity index is 780. The molecule has 21 heavy (non-hydrogen) atoms. The van der Waals surface area contributed by atoms with Crippen molar-refractivity contribution in [3.05, 3.63) is 54.1 Å². The van der Waals surface area contributed by atoms with Gasteiger partial charge in [-0.05, 0) is 36.4 Å². The molecule has 0 aliphatic heterocycles. The van der Waals surface area contributed by atoms with Crippen LogP contribution in [0.15, 0.2) is 58.3 Å². The Morgan fingerprint density at radius 3 is 2.62 bits per heavy atom. The summed E-state index contributed by atoms with van der Waals surface area (Å²) in [6.07, 6.45) is 0. The smallest absolute Gasteiger partial charge is 0.179 e. The summed E-state index contributed by atoms with van der Waals surface area (Å²) < 4.78 is 24.4. The van der Waals surface area contributed by atoms with Crippen molar-refractivity contribution in [2.45, 2.75) is 9.79 Å². The van der Waals surface area contributed by atoms with E-state index in [4.69, 9.17) is 5.26 Å². The number of benzene rings is 2. The van der Waals surface area contributed by atoms with Crippen molar-refractivity contribution in [1.29, 1.82) is 5.26 Å². The van der Waals surface area contributed by atoms with Crippen LogP contribution in [0.25, 0.3) is 0 Å². The molecule has 0 saturated heterocycles.